The smallest absolute Gasteiger partial charge is 0.125 e. The first-order valence-electron chi connectivity index (χ1n) is 9.76. The van der Waals surface area contributed by atoms with Crippen LogP contribution < -0.4 is 20.3 Å². The molecule has 0 bridgehead atoms. The van der Waals surface area contributed by atoms with Gasteiger partial charge in [0.1, 0.15) is 18.1 Å². The molecule has 144 valence electrons. The highest BCUT2D eigenvalue weighted by Gasteiger charge is 2.12. The third kappa shape index (κ3) is 4.46. The van der Waals surface area contributed by atoms with Crippen molar-refractivity contribution in [3.63, 3.8) is 0 Å². The summed E-state index contributed by atoms with van der Waals surface area (Å²) in [6.07, 6.45) is 3.60. The first-order chi connectivity index (χ1) is 13.8. The lowest BCUT2D eigenvalue weighted by atomic mass is 10.1. The molecule has 0 radical (unpaired) electrons. The van der Waals surface area contributed by atoms with E-state index in [0.29, 0.717) is 13.2 Å². The first-order valence-corrected chi connectivity index (χ1v) is 9.76. The second kappa shape index (κ2) is 8.81. The fourth-order valence-electron chi connectivity index (χ4n) is 3.62. The van der Waals surface area contributed by atoms with Crippen molar-refractivity contribution in [2.24, 2.45) is 0 Å². The molecule has 0 saturated heterocycles. The van der Waals surface area contributed by atoms with Gasteiger partial charge in [-0.15, -0.1) is 0 Å². The Morgan fingerprint density at radius 3 is 2.61 bits per heavy atom. The van der Waals surface area contributed by atoms with Gasteiger partial charge in [-0.1, -0.05) is 30.3 Å². The van der Waals surface area contributed by atoms with Crippen molar-refractivity contribution in [2.45, 2.75) is 32.4 Å². The van der Waals surface area contributed by atoms with Gasteiger partial charge in [-0.3, -0.25) is 0 Å². The van der Waals surface area contributed by atoms with Gasteiger partial charge in [-0.25, -0.2) is 5.43 Å². The van der Waals surface area contributed by atoms with Gasteiger partial charge in [0.2, 0.25) is 0 Å². The van der Waals surface area contributed by atoms with Crippen molar-refractivity contribution in [1.29, 1.82) is 0 Å². The van der Waals surface area contributed by atoms with Crippen LogP contribution in [0.4, 0.5) is 5.69 Å². The van der Waals surface area contributed by atoms with E-state index in [0.717, 1.165) is 34.7 Å². The van der Waals surface area contributed by atoms with Gasteiger partial charge in [0.05, 0.1) is 7.11 Å². The van der Waals surface area contributed by atoms with Crippen LogP contribution in [0.15, 0.2) is 66.7 Å². The van der Waals surface area contributed by atoms with Crippen molar-refractivity contribution in [3.05, 3.63) is 89.0 Å². The molecule has 0 saturated carbocycles. The molecule has 0 aromatic heterocycles. The molecule has 0 atom stereocenters. The summed E-state index contributed by atoms with van der Waals surface area (Å²) < 4.78 is 11.6. The lowest BCUT2D eigenvalue weighted by molar-refractivity contribution is 0.296. The van der Waals surface area contributed by atoms with Crippen molar-refractivity contribution >= 4 is 5.69 Å². The number of ether oxygens (including phenoxy) is 2. The zero-order valence-electron chi connectivity index (χ0n) is 16.2. The highest BCUT2D eigenvalue weighted by atomic mass is 16.5. The zero-order valence-corrected chi connectivity index (χ0v) is 16.2. The molecule has 4 heteroatoms. The van der Waals surface area contributed by atoms with E-state index in [1.54, 1.807) is 7.11 Å². The van der Waals surface area contributed by atoms with Crippen molar-refractivity contribution in [2.75, 3.05) is 12.5 Å². The van der Waals surface area contributed by atoms with Gasteiger partial charge in [0.25, 0.3) is 0 Å². The molecule has 2 N–H and O–H groups in total. The molecule has 0 spiro atoms. The van der Waals surface area contributed by atoms with Crippen LogP contribution in [0.2, 0.25) is 0 Å². The molecule has 1 aliphatic carbocycles. The van der Waals surface area contributed by atoms with E-state index in [1.807, 2.05) is 36.4 Å². The zero-order chi connectivity index (χ0) is 19.2. The fraction of sp³-hybridized carbons (Fsp3) is 0.250. The van der Waals surface area contributed by atoms with Crippen molar-refractivity contribution < 1.29 is 9.47 Å². The van der Waals surface area contributed by atoms with E-state index in [-0.39, 0.29) is 0 Å². The highest BCUT2D eigenvalue weighted by molar-refractivity contribution is 5.42. The van der Waals surface area contributed by atoms with Crippen molar-refractivity contribution in [3.8, 4) is 11.5 Å². The van der Waals surface area contributed by atoms with E-state index in [2.05, 4.69) is 41.2 Å². The number of benzene rings is 3. The number of hydrogen-bond donors (Lipinski definition) is 2. The maximum atomic E-state index is 6.07. The van der Waals surface area contributed by atoms with Gasteiger partial charge in [-0.2, -0.15) is 0 Å². The summed E-state index contributed by atoms with van der Waals surface area (Å²) in [6, 6.07) is 22.7. The van der Waals surface area contributed by atoms with E-state index >= 15 is 0 Å². The quantitative estimate of drug-likeness (QED) is 0.552. The number of hydrogen-bond acceptors (Lipinski definition) is 4. The van der Waals surface area contributed by atoms with Crippen molar-refractivity contribution in [1.82, 2.24) is 5.43 Å². The summed E-state index contributed by atoms with van der Waals surface area (Å²) >= 11 is 0. The molecule has 0 fully saturated rings. The summed E-state index contributed by atoms with van der Waals surface area (Å²) in [4.78, 5) is 0. The Morgan fingerprint density at radius 2 is 1.75 bits per heavy atom. The minimum absolute atomic E-state index is 0.488. The van der Waals surface area contributed by atoms with Gasteiger partial charge in [0, 0.05) is 17.8 Å². The largest absolute Gasteiger partial charge is 0.496 e. The summed E-state index contributed by atoms with van der Waals surface area (Å²) in [5, 5.41) is 0. The monoisotopic (exact) mass is 374 g/mol. The predicted molar refractivity (Wildman–Crippen MR) is 113 cm³/mol. The molecule has 28 heavy (non-hydrogen) atoms. The lowest BCUT2D eigenvalue weighted by Crippen LogP contribution is -2.20. The Bertz CT molecular complexity index is 925. The molecule has 3 aromatic rings. The summed E-state index contributed by atoms with van der Waals surface area (Å²) in [5.74, 6) is 1.78. The number of hydrazine groups is 1. The second-order valence-electron chi connectivity index (χ2n) is 7.06. The molecule has 4 rings (SSSR count). The molecular weight excluding hydrogens is 348 g/mol. The third-order valence-corrected chi connectivity index (χ3v) is 5.11. The lowest BCUT2D eigenvalue weighted by Gasteiger charge is -2.14. The number of methoxy groups -OCH3 is 1. The minimum Gasteiger partial charge on any atom is -0.496 e. The van der Waals surface area contributed by atoms with Crippen LogP contribution in [-0.2, 0) is 26.0 Å². The van der Waals surface area contributed by atoms with Crippen LogP contribution in [0.1, 0.15) is 28.7 Å². The van der Waals surface area contributed by atoms with Crippen LogP contribution in [0.25, 0.3) is 0 Å². The fourth-order valence-corrected chi connectivity index (χ4v) is 3.62. The minimum atomic E-state index is 0.488. The Morgan fingerprint density at radius 1 is 0.893 bits per heavy atom. The molecule has 0 heterocycles. The Hall–Kier alpha value is -2.98. The van der Waals surface area contributed by atoms with E-state index in [1.165, 1.54) is 24.0 Å². The van der Waals surface area contributed by atoms with Gasteiger partial charge < -0.3 is 14.9 Å². The normalized spacial score (nSPS) is 12.5. The number of fused-ring (bicyclic) bond motifs is 1. The number of rotatable bonds is 8. The standard InChI is InChI=1S/C24H26N2O2/c1-27-24-13-10-18(16-25-26-22-8-3-2-4-9-22)14-21(24)17-28-23-12-11-19-6-5-7-20(19)15-23/h2-4,8-15,25-26H,5-7,16-17H2,1H3. The summed E-state index contributed by atoms with van der Waals surface area (Å²) in [5.41, 5.74) is 12.6. The maximum absolute atomic E-state index is 6.07. The number of para-hydroxylation sites is 1. The average Bonchev–Trinajstić information content (AvgIpc) is 3.21. The van der Waals surface area contributed by atoms with Crippen LogP contribution >= 0.6 is 0 Å². The van der Waals surface area contributed by atoms with E-state index < -0.39 is 0 Å². The first kappa shape index (κ1) is 18.4. The average molecular weight is 374 g/mol. The number of aryl methyl sites for hydroxylation is 2. The summed E-state index contributed by atoms with van der Waals surface area (Å²) in [6.45, 7) is 1.19. The van der Waals surface area contributed by atoms with Crippen LogP contribution in [0, 0.1) is 0 Å². The third-order valence-electron chi connectivity index (χ3n) is 5.11. The molecule has 4 nitrogen and oxygen atoms in total. The Kier molecular flexibility index (Phi) is 5.78. The van der Waals surface area contributed by atoms with Gasteiger partial charge in [0.15, 0.2) is 0 Å². The van der Waals surface area contributed by atoms with Gasteiger partial charge in [-0.05, 0) is 72.4 Å². The maximum Gasteiger partial charge on any atom is 0.125 e. The molecule has 0 unspecified atom stereocenters. The topological polar surface area (TPSA) is 42.5 Å². The number of nitrogens with one attached hydrogen (secondary N) is 2. The second-order valence-corrected chi connectivity index (χ2v) is 7.06. The van der Waals surface area contributed by atoms with Gasteiger partial charge >= 0.3 is 0 Å². The highest BCUT2D eigenvalue weighted by Crippen LogP contribution is 2.27. The molecule has 0 aliphatic heterocycles. The van der Waals surface area contributed by atoms with Crippen LogP contribution in [0.3, 0.4) is 0 Å². The van der Waals surface area contributed by atoms with E-state index in [9.17, 15) is 0 Å². The summed E-state index contributed by atoms with van der Waals surface area (Å²) in [7, 11) is 1.70. The van der Waals surface area contributed by atoms with E-state index in [4.69, 9.17) is 9.47 Å². The molecular formula is C24H26N2O2. The Labute approximate surface area is 166 Å². The molecule has 3 aromatic carbocycles. The van der Waals surface area contributed by atoms with Crippen LogP contribution in [0.5, 0.6) is 11.5 Å². The SMILES string of the molecule is COc1ccc(CNNc2ccccc2)cc1COc1ccc2c(c1)CCC2. The molecule has 1 aliphatic rings. The van der Waals surface area contributed by atoms with Crippen LogP contribution in [-0.4, -0.2) is 7.11 Å². The number of anilines is 1. The predicted octanol–water partition coefficient (Wildman–Crippen LogP) is 4.88. The molecule has 0 amide bonds. The Balaban J connectivity index is 1.39.